The topological polar surface area (TPSA) is 94.4 Å². The average molecular weight is 490 g/mol. The Hall–Kier alpha value is -3.40. The first-order chi connectivity index (χ1) is 16.8. The first-order valence-corrected chi connectivity index (χ1v) is 13.4. The molecule has 1 saturated heterocycles. The number of aromatic nitrogens is 3. The summed E-state index contributed by atoms with van der Waals surface area (Å²) in [7, 11) is -1.50. The van der Waals surface area contributed by atoms with Crippen molar-refractivity contribution in [1.29, 1.82) is 0 Å². The molecule has 4 aromatic rings. The Morgan fingerprint density at radius 2 is 1.71 bits per heavy atom. The summed E-state index contributed by atoms with van der Waals surface area (Å²) in [5.41, 5.74) is 3.78. The highest BCUT2D eigenvalue weighted by atomic mass is 32.3. The minimum Gasteiger partial charge on any atom is -0.610 e. The molecule has 0 saturated carbocycles. The lowest BCUT2D eigenvalue weighted by Crippen LogP contribution is -2.48. The fourth-order valence-corrected chi connectivity index (χ4v) is 5.06. The summed E-state index contributed by atoms with van der Waals surface area (Å²) in [6.07, 6.45) is 2.86. The summed E-state index contributed by atoms with van der Waals surface area (Å²) in [4.78, 5) is 22.8. The third-order valence-corrected chi connectivity index (χ3v) is 7.55. The SMILES string of the molecule is Cn1ncc2c(C(=O)N3CCN(Cc4ccccc4)CC3)cc(-c3ccc([S+](C)(=O)[O-])cc3)nc21. The van der Waals surface area contributed by atoms with E-state index in [1.165, 1.54) is 11.8 Å². The number of benzene rings is 2. The Morgan fingerprint density at radius 1 is 1.03 bits per heavy atom. The number of fused-ring (bicyclic) bond motifs is 1. The molecular weight excluding hydrogens is 462 g/mol. The summed E-state index contributed by atoms with van der Waals surface area (Å²) >= 11 is 0. The van der Waals surface area contributed by atoms with E-state index in [1.807, 2.05) is 23.1 Å². The van der Waals surface area contributed by atoms with Crippen molar-refractivity contribution < 1.29 is 13.6 Å². The van der Waals surface area contributed by atoms with Crippen LogP contribution in [0.1, 0.15) is 15.9 Å². The highest BCUT2D eigenvalue weighted by molar-refractivity contribution is 7.97. The van der Waals surface area contributed by atoms with Crippen LogP contribution < -0.4 is 0 Å². The van der Waals surface area contributed by atoms with Gasteiger partial charge in [-0.25, -0.2) is 4.98 Å². The minimum atomic E-state index is -3.29. The van der Waals surface area contributed by atoms with Gasteiger partial charge in [-0.15, -0.1) is 4.21 Å². The van der Waals surface area contributed by atoms with Gasteiger partial charge in [0.05, 0.1) is 33.1 Å². The molecule has 1 amide bonds. The lowest BCUT2D eigenvalue weighted by molar-refractivity contribution is 0.0630. The molecule has 3 heterocycles. The molecule has 2 aromatic heterocycles. The van der Waals surface area contributed by atoms with Crippen molar-refractivity contribution in [2.24, 2.45) is 7.05 Å². The van der Waals surface area contributed by atoms with E-state index >= 15 is 0 Å². The van der Waals surface area contributed by atoms with E-state index in [1.54, 1.807) is 48.3 Å². The van der Waals surface area contributed by atoms with E-state index in [0.717, 1.165) is 25.2 Å². The zero-order chi connectivity index (χ0) is 24.6. The normalized spacial score (nSPS) is 16.4. The Labute approximate surface area is 205 Å². The number of aryl methyl sites for hydroxylation is 1. The summed E-state index contributed by atoms with van der Waals surface area (Å²) in [5.74, 6) is -0.0428. The molecule has 1 atom stereocenters. The van der Waals surface area contributed by atoms with E-state index < -0.39 is 10.2 Å². The number of piperazine rings is 1. The van der Waals surface area contributed by atoms with Gasteiger partial charge in [0.15, 0.2) is 10.5 Å². The number of rotatable bonds is 5. The molecule has 8 nitrogen and oxygen atoms in total. The van der Waals surface area contributed by atoms with Crippen molar-refractivity contribution in [3.8, 4) is 11.3 Å². The lowest BCUT2D eigenvalue weighted by atomic mass is 10.1. The summed E-state index contributed by atoms with van der Waals surface area (Å²) in [6, 6.07) is 18.7. The first-order valence-electron chi connectivity index (χ1n) is 11.5. The Kier molecular flexibility index (Phi) is 6.22. The zero-order valence-corrected chi connectivity index (χ0v) is 20.6. The molecule has 1 fully saturated rings. The Bertz CT molecular complexity index is 1400. The van der Waals surface area contributed by atoms with E-state index in [-0.39, 0.29) is 10.8 Å². The molecule has 0 spiro atoms. The molecule has 5 rings (SSSR count). The Balaban J connectivity index is 1.40. The van der Waals surface area contributed by atoms with Crippen molar-refractivity contribution in [2.45, 2.75) is 11.4 Å². The fourth-order valence-electron chi connectivity index (χ4n) is 4.43. The van der Waals surface area contributed by atoms with Crippen LogP contribution in [0.5, 0.6) is 0 Å². The van der Waals surface area contributed by atoms with Crippen LogP contribution in [0.15, 0.2) is 71.8 Å². The van der Waals surface area contributed by atoms with Crippen LogP contribution in [0.2, 0.25) is 0 Å². The predicted octanol–water partition coefficient (Wildman–Crippen LogP) is 3.21. The van der Waals surface area contributed by atoms with Crippen molar-refractivity contribution in [1.82, 2.24) is 24.6 Å². The smallest absolute Gasteiger partial charge is 0.254 e. The number of hydrogen-bond donors (Lipinski definition) is 0. The second kappa shape index (κ2) is 9.33. The molecule has 35 heavy (non-hydrogen) atoms. The summed E-state index contributed by atoms with van der Waals surface area (Å²) < 4.78 is 25.3. The molecule has 1 aliphatic rings. The fraction of sp³-hybridized carbons (Fsp3) is 0.269. The van der Waals surface area contributed by atoms with Gasteiger partial charge in [-0.2, -0.15) is 5.10 Å². The van der Waals surface area contributed by atoms with Crippen LogP contribution >= 0.6 is 0 Å². The Morgan fingerprint density at radius 3 is 2.37 bits per heavy atom. The third-order valence-electron chi connectivity index (χ3n) is 6.42. The molecule has 1 aliphatic heterocycles. The maximum Gasteiger partial charge on any atom is 0.254 e. The molecule has 1 unspecified atom stereocenters. The third kappa shape index (κ3) is 4.88. The standard InChI is InChI=1S/C26H27N5O3S/c1-29-25-23(17-27-29)22(16-24(28-25)20-8-10-21(11-9-20)35(2,33)34)26(32)31-14-12-30(13-15-31)18-19-6-4-3-5-7-19/h3-11,16-17H,12-15,18H2,1-2H3. The van der Waals surface area contributed by atoms with Crippen LogP contribution in [0, 0.1) is 0 Å². The van der Waals surface area contributed by atoms with E-state index in [0.29, 0.717) is 35.4 Å². The van der Waals surface area contributed by atoms with Crippen LogP contribution in [0.4, 0.5) is 0 Å². The number of carbonyl (C=O) groups is 1. The van der Waals surface area contributed by atoms with Gasteiger partial charge in [0, 0.05) is 45.3 Å². The predicted molar refractivity (Wildman–Crippen MR) is 135 cm³/mol. The van der Waals surface area contributed by atoms with Gasteiger partial charge in [-0.05, 0) is 35.9 Å². The molecule has 0 bridgehead atoms. The quantitative estimate of drug-likeness (QED) is 0.400. The highest BCUT2D eigenvalue weighted by Crippen LogP contribution is 2.27. The largest absolute Gasteiger partial charge is 0.610 e. The molecule has 0 radical (unpaired) electrons. The highest BCUT2D eigenvalue weighted by Gasteiger charge is 2.25. The first kappa shape index (κ1) is 23.3. The van der Waals surface area contributed by atoms with E-state index in [9.17, 15) is 13.6 Å². The molecule has 2 aromatic carbocycles. The van der Waals surface area contributed by atoms with Crippen LogP contribution in [-0.2, 0) is 28.0 Å². The molecule has 9 heteroatoms. The maximum absolute atomic E-state index is 13.6. The summed E-state index contributed by atoms with van der Waals surface area (Å²) in [6.45, 7) is 3.78. The monoisotopic (exact) mass is 489 g/mol. The van der Waals surface area contributed by atoms with Gasteiger partial charge in [0.25, 0.3) is 5.91 Å². The number of amides is 1. The van der Waals surface area contributed by atoms with Gasteiger partial charge >= 0.3 is 0 Å². The zero-order valence-electron chi connectivity index (χ0n) is 19.8. The van der Waals surface area contributed by atoms with Gasteiger partial charge in [0.1, 0.15) is 6.26 Å². The minimum absolute atomic E-state index is 0.0428. The number of nitrogens with zero attached hydrogens (tertiary/aromatic N) is 5. The summed E-state index contributed by atoms with van der Waals surface area (Å²) in [5, 5.41) is 5.03. The van der Waals surface area contributed by atoms with Crippen molar-refractivity contribution in [3.05, 3.63) is 78.0 Å². The molecule has 0 N–H and O–H groups in total. The second-order valence-electron chi connectivity index (χ2n) is 8.91. The number of hydrogen-bond acceptors (Lipinski definition) is 6. The lowest BCUT2D eigenvalue weighted by Gasteiger charge is -2.35. The van der Waals surface area contributed by atoms with Crippen LogP contribution in [0.3, 0.4) is 0 Å². The number of sulfone groups is 1. The number of carbonyl (C=O) groups excluding carboxylic acids is 1. The molecule has 0 aliphatic carbocycles. The average Bonchev–Trinajstić information content (AvgIpc) is 3.24. The molecule has 180 valence electrons. The van der Waals surface area contributed by atoms with Crippen LogP contribution in [0.25, 0.3) is 22.3 Å². The number of pyridine rings is 1. The van der Waals surface area contributed by atoms with E-state index in [4.69, 9.17) is 4.98 Å². The maximum atomic E-state index is 13.6. The van der Waals surface area contributed by atoms with Gasteiger partial charge in [0.2, 0.25) is 0 Å². The van der Waals surface area contributed by atoms with Crippen molar-refractivity contribution in [2.75, 3.05) is 32.4 Å². The van der Waals surface area contributed by atoms with Crippen molar-refractivity contribution >= 4 is 27.2 Å². The van der Waals surface area contributed by atoms with Crippen LogP contribution in [-0.4, -0.2) is 67.5 Å². The van der Waals surface area contributed by atoms with E-state index in [2.05, 4.69) is 22.1 Å². The van der Waals surface area contributed by atoms with Crippen molar-refractivity contribution in [3.63, 3.8) is 0 Å². The van der Waals surface area contributed by atoms with Gasteiger partial charge < -0.3 is 9.45 Å². The second-order valence-corrected chi connectivity index (χ2v) is 10.9. The molecular formula is C26H27N5O3S. The van der Waals surface area contributed by atoms with Gasteiger partial charge in [-0.3, -0.25) is 14.4 Å². The van der Waals surface area contributed by atoms with Gasteiger partial charge in [-0.1, -0.05) is 30.3 Å².